The van der Waals surface area contributed by atoms with Crippen LogP contribution in [0.5, 0.6) is 0 Å². The lowest BCUT2D eigenvalue weighted by Gasteiger charge is -2.06. The van der Waals surface area contributed by atoms with Crippen LogP contribution in [0.1, 0.15) is 35.7 Å². The topological polar surface area (TPSA) is 84.2 Å². The summed E-state index contributed by atoms with van der Waals surface area (Å²) in [4.78, 5) is 23.0. The molecule has 1 aromatic rings. The van der Waals surface area contributed by atoms with Gasteiger partial charge in [-0.1, -0.05) is 12.1 Å². The number of hydrogen-bond acceptors (Lipinski definition) is 3. The molecule has 104 valence electrons. The SMILES string of the molecule is CCNC(=O)c1ccc(CNC(=O)CCCN)cc1. The van der Waals surface area contributed by atoms with Crippen LogP contribution in [0.25, 0.3) is 0 Å². The highest BCUT2D eigenvalue weighted by Crippen LogP contribution is 2.04. The van der Waals surface area contributed by atoms with Gasteiger partial charge >= 0.3 is 0 Å². The first-order valence-electron chi connectivity index (χ1n) is 6.51. The number of hydrogen-bond donors (Lipinski definition) is 3. The van der Waals surface area contributed by atoms with Gasteiger partial charge in [0, 0.05) is 25.1 Å². The van der Waals surface area contributed by atoms with E-state index in [0.717, 1.165) is 5.56 Å². The third kappa shape index (κ3) is 5.52. The number of rotatable bonds is 7. The van der Waals surface area contributed by atoms with Crippen molar-refractivity contribution in [3.63, 3.8) is 0 Å². The number of carbonyl (C=O) groups is 2. The third-order valence-electron chi connectivity index (χ3n) is 2.65. The lowest BCUT2D eigenvalue weighted by atomic mass is 10.1. The molecular formula is C14H21N3O2. The van der Waals surface area contributed by atoms with Crippen LogP contribution in [-0.4, -0.2) is 24.9 Å². The van der Waals surface area contributed by atoms with Gasteiger partial charge in [-0.25, -0.2) is 0 Å². The second kappa shape index (κ2) is 8.26. The summed E-state index contributed by atoms with van der Waals surface area (Å²) in [7, 11) is 0. The number of carbonyl (C=O) groups excluding carboxylic acids is 2. The maximum absolute atomic E-state index is 11.5. The van der Waals surface area contributed by atoms with E-state index < -0.39 is 0 Å². The van der Waals surface area contributed by atoms with E-state index in [2.05, 4.69) is 10.6 Å². The average molecular weight is 263 g/mol. The first-order chi connectivity index (χ1) is 9.17. The molecule has 19 heavy (non-hydrogen) atoms. The van der Waals surface area contributed by atoms with Gasteiger partial charge in [-0.2, -0.15) is 0 Å². The Bertz CT molecular complexity index is 415. The fourth-order valence-electron chi connectivity index (χ4n) is 1.59. The molecule has 0 radical (unpaired) electrons. The molecule has 2 amide bonds. The summed E-state index contributed by atoms with van der Waals surface area (Å²) in [6.45, 7) is 3.48. The molecule has 0 aliphatic carbocycles. The molecule has 0 spiro atoms. The van der Waals surface area contributed by atoms with Crippen molar-refractivity contribution >= 4 is 11.8 Å². The minimum absolute atomic E-state index is 0.00162. The molecule has 0 atom stereocenters. The first kappa shape index (κ1) is 15.2. The fourth-order valence-corrected chi connectivity index (χ4v) is 1.59. The second-order valence-corrected chi connectivity index (χ2v) is 4.23. The molecule has 0 unspecified atom stereocenters. The van der Waals surface area contributed by atoms with Crippen molar-refractivity contribution in [2.45, 2.75) is 26.3 Å². The predicted octanol–water partition coefficient (Wildman–Crippen LogP) is 0.791. The van der Waals surface area contributed by atoms with Crippen molar-refractivity contribution in [2.75, 3.05) is 13.1 Å². The average Bonchev–Trinajstić information content (AvgIpc) is 2.43. The number of nitrogens with two attached hydrogens (primary N) is 1. The predicted molar refractivity (Wildman–Crippen MR) is 74.6 cm³/mol. The zero-order chi connectivity index (χ0) is 14.1. The summed E-state index contributed by atoms with van der Waals surface area (Å²) in [6.07, 6.45) is 1.15. The molecule has 0 heterocycles. The highest BCUT2D eigenvalue weighted by molar-refractivity contribution is 5.94. The smallest absolute Gasteiger partial charge is 0.251 e. The minimum atomic E-state index is -0.0824. The van der Waals surface area contributed by atoms with E-state index in [0.29, 0.717) is 38.0 Å². The van der Waals surface area contributed by atoms with Crippen LogP contribution in [0.3, 0.4) is 0 Å². The highest BCUT2D eigenvalue weighted by Gasteiger charge is 2.04. The van der Waals surface area contributed by atoms with Crippen LogP contribution in [0.4, 0.5) is 0 Å². The minimum Gasteiger partial charge on any atom is -0.352 e. The Morgan fingerprint density at radius 1 is 1.16 bits per heavy atom. The molecule has 0 bridgehead atoms. The second-order valence-electron chi connectivity index (χ2n) is 4.23. The normalized spacial score (nSPS) is 10.0. The Morgan fingerprint density at radius 2 is 1.84 bits per heavy atom. The summed E-state index contributed by atoms with van der Waals surface area (Å²) in [6, 6.07) is 7.19. The molecule has 0 saturated heterocycles. The Hall–Kier alpha value is -1.88. The number of amides is 2. The maximum Gasteiger partial charge on any atom is 0.251 e. The van der Waals surface area contributed by atoms with E-state index in [1.165, 1.54) is 0 Å². The van der Waals surface area contributed by atoms with Crippen LogP contribution in [0.2, 0.25) is 0 Å². The third-order valence-corrected chi connectivity index (χ3v) is 2.65. The van der Waals surface area contributed by atoms with Gasteiger partial charge in [0.2, 0.25) is 5.91 Å². The maximum atomic E-state index is 11.5. The lowest BCUT2D eigenvalue weighted by Crippen LogP contribution is -2.24. The van der Waals surface area contributed by atoms with E-state index in [1.54, 1.807) is 12.1 Å². The van der Waals surface area contributed by atoms with Gasteiger partial charge < -0.3 is 16.4 Å². The van der Waals surface area contributed by atoms with Crippen LogP contribution >= 0.6 is 0 Å². The van der Waals surface area contributed by atoms with Crippen LogP contribution in [-0.2, 0) is 11.3 Å². The Morgan fingerprint density at radius 3 is 2.42 bits per heavy atom. The van der Waals surface area contributed by atoms with Crippen molar-refractivity contribution in [1.82, 2.24) is 10.6 Å². The molecule has 0 aliphatic rings. The van der Waals surface area contributed by atoms with Gasteiger partial charge in [0.15, 0.2) is 0 Å². The monoisotopic (exact) mass is 263 g/mol. The molecule has 1 rings (SSSR count). The Labute approximate surface area is 113 Å². The fraction of sp³-hybridized carbons (Fsp3) is 0.429. The highest BCUT2D eigenvalue weighted by atomic mass is 16.2. The van der Waals surface area contributed by atoms with Crippen molar-refractivity contribution in [1.29, 1.82) is 0 Å². The molecular weight excluding hydrogens is 242 g/mol. The van der Waals surface area contributed by atoms with Crippen molar-refractivity contribution in [3.8, 4) is 0 Å². The van der Waals surface area contributed by atoms with Gasteiger partial charge in [-0.3, -0.25) is 9.59 Å². The molecule has 5 nitrogen and oxygen atoms in total. The zero-order valence-electron chi connectivity index (χ0n) is 11.2. The van der Waals surface area contributed by atoms with Crippen molar-refractivity contribution < 1.29 is 9.59 Å². The summed E-state index contributed by atoms with van der Waals surface area (Å²) in [5, 5.41) is 5.55. The Kier molecular flexibility index (Phi) is 6.60. The molecule has 5 heteroatoms. The van der Waals surface area contributed by atoms with Crippen molar-refractivity contribution in [3.05, 3.63) is 35.4 Å². The summed E-state index contributed by atoms with van der Waals surface area (Å²) < 4.78 is 0. The van der Waals surface area contributed by atoms with Gasteiger partial charge in [0.1, 0.15) is 0 Å². The quantitative estimate of drug-likeness (QED) is 0.680. The zero-order valence-corrected chi connectivity index (χ0v) is 11.2. The van der Waals surface area contributed by atoms with E-state index in [9.17, 15) is 9.59 Å². The van der Waals surface area contributed by atoms with Crippen LogP contribution in [0.15, 0.2) is 24.3 Å². The van der Waals surface area contributed by atoms with E-state index in [1.807, 2.05) is 19.1 Å². The lowest BCUT2D eigenvalue weighted by molar-refractivity contribution is -0.121. The molecule has 0 aliphatic heterocycles. The molecule has 1 aromatic carbocycles. The van der Waals surface area contributed by atoms with Gasteiger partial charge in [-0.15, -0.1) is 0 Å². The van der Waals surface area contributed by atoms with Crippen molar-refractivity contribution in [2.24, 2.45) is 5.73 Å². The first-order valence-corrected chi connectivity index (χ1v) is 6.51. The summed E-state index contributed by atoms with van der Waals surface area (Å²) >= 11 is 0. The summed E-state index contributed by atoms with van der Waals surface area (Å²) in [5.41, 5.74) is 6.93. The molecule has 0 aromatic heterocycles. The van der Waals surface area contributed by atoms with E-state index in [4.69, 9.17) is 5.73 Å². The van der Waals surface area contributed by atoms with Gasteiger partial charge in [-0.05, 0) is 37.6 Å². The standard InChI is InChI=1S/C14H21N3O2/c1-2-16-14(19)12-7-5-11(6-8-12)10-17-13(18)4-3-9-15/h5-8H,2-4,9-10,15H2,1H3,(H,16,19)(H,17,18). The van der Waals surface area contributed by atoms with E-state index in [-0.39, 0.29) is 11.8 Å². The molecule has 0 saturated carbocycles. The summed E-state index contributed by atoms with van der Waals surface area (Å²) in [5.74, 6) is -0.0840. The van der Waals surface area contributed by atoms with Crippen LogP contribution in [0, 0.1) is 0 Å². The van der Waals surface area contributed by atoms with E-state index >= 15 is 0 Å². The molecule has 4 N–H and O–H groups in total. The number of nitrogens with one attached hydrogen (secondary N) is 2. The molecule has 0 fully saturated rings. The number of benzene rings is 1. The largest absolute Gasteiger partial charge is 0.352 e. The van der Waals surface area contributed by atoms with Gasteiger partial charge in [0.25, 0.3) is 5.91 Å². The van der Waals surface area contributed by atoms with Crippen LogP contribution < -0.4 is 16.4 Å². The van der Waals surface area contributed by atoms with Gasteiger partial charge in [0.05, 0.1) is 0 Å². The Balaban J connectivity index is 2.44.